The van der Waals surface area contributed by atoms with Crippen LogP contribution in [0, 0.1) is 0 Å². The smallest absolute Gasteiger partial charge is 0.191 e. The molecule has 0 amide bonds. The summed E-state index contributed by atoms with van der Waals surface area (Å²) in [4.78, 5) is 10.6. The Morgan fingerprint density at radius 2 is 2.15 bits per heavy atom. The van der Waals surface area contributed by atoms with Crippen molar-refractivity contribution in [3.05, 3.63) is 35.5 Å². The van der Waals surface area contributed by atoms with Crippen LogP contribution < -0.4 is 10.6 Å². The van der Waals surface area contributed by atoms with Crippen LogP contribution in [-0.4, -0.2) is 54.1 Å². The van der Waals surface area contributed by atoms with Gasteiger partial charge in [0.05, 0.1) is 0 Å². The van der Waals surface area contributed by atoms with E-state index in [-0.39, 0.29) is 0 Å². The first-order valence-corrected chi connectivity index (χ1v) is 10.5. The highest BCUT2D eigenvalue weighted by atomic mass is 15.3. The van der Waals surface area contributed by atoms with E-state index < -0.39 is 0 Å². The van der Waals surface area contributed by atoms with Crippen molar-refractivity contribution in [2.24, 2.45) is 4.99 Å². The molecule has 2 unspecified atom stereocenters. The second kappa shape index (κ2) is 7.93. The lowest BCUT2D eigenvalue weighted by molar-refractivity contribution is 0.256. The molecule has 4 rings (SSSR count). The monoisotopic (exact) mass is 367 g/mol. The van der Waals surface area contributed by atoms with Crippen LogP contribution in [0.5, 0.6) is 0 Å². The number of nitrogens with zero attached hydrogens (tertiary/aromatic N) is 2. The molecule has 2 aliphatic rings. The molecule has 0 spiro atoms. The number of guanidine groups is 1. The Labute approximate surface area is 162 Å². The number of aromatic nitrogens is 1. The van der Waals surface area contributed by atoms with Gasteiger partial charge < -0.3 is 15.6 Å². The molecule has 5 heteroatoms. The number of fused-ring (bicyclic) bond motifs is 1. The van der Waals surface area contributed by atoms with Crippen LogP contribution >= 0.6 is 0 Å². The minimum absolute atomic E-state index is 0.506. The SMILES string of the molecule is CCc1cccc2c(CCNC(=NC)NC3CC(C)N(C4CC4)C3)c[nH]c12. The van der Waals surface area contributed by atoms with Gasteiger partial charge in [-0.05, 0) is 50.2 Å². The molecule has 2 atom stereocenters. The quantitative estimate of drug-likeness (QED) is 0.543. The summed E-state index contributed by atoms with van der Waals surface area (Å²) in [6.45, 7) is 6.60. The number of aliphatic imine (C=N–C) groups is 1. The van der Waals surface area contributed by atoms with Gasteiger partial charge in [-0.2, -0.15) is 0 Å². The fourth-order valence-corrected chi connectivity index (χ4v) is 4.56. The van der Waals surface area contributed by atoms with Crippen molar-refractivity contribution in [3.8, 4) is 0 Å². The van der Waals surface area contributed by atoms with Crippen LogP contribution in [0.1, 0.15) is 44.2 Å². The van der Waals surface area contributed by atoms with Crippen LogP contribution in [0.4, 0.5) is 0 Å². The fourth-order valence-electron chi connectivity index (χ4n) is 4.56. The number of aromatic amines is 1. The summed E-state index contributed by atoms with van der Waals surface area (Å²) < 4.78 is 0. The minimum Gasteiger partial charge on any atom is -0.361 e. The number of nitrogens with one attached hydrogen (secondary N) is 3. The molecule has 1 aromatic heterocycles. The van der Waals surface area contributed by atoms with E-state index >= 15 is 0 Å². The van der Waals surface area contributed by atoms with Gasteiger partial charge >= 0.3 is 0 Å². The van der Waals surface area contributed by atoms with E-state index in [1.165, 1.54) is 41.3 Å². The van der Waals surface area contributed by atoms with Gasteiger partial charge in [0, 0.05) is 55.4 Å². The fraction of sp³-hybridized carbons (Fsp3) is 0.591. The minimum atomic E-state index is 0.506. The Hall–Kier alpha value is -2.01. The second-order valence-corrected chi connectivity index (χ2v) is 8.11. The average Bonchev–Trinajstić information content (AvgIpc) is 3.34. The van der Waals surface area contributed by atoms with Crippen molar-refractivity contribution in [2.75, 3.05) is 20.1 Å². The summed E-state index contributed by atoms with van der Waals surface area (Å²) in [7, 11) is 1.87. The Kier molecular flexibility index (Phi) is 5.39. The van der Waals surface area contributed by atoms with Crippen LogP contribution in [0.2, 0.25) is 0 Å². The van der Waals surface area contributed by atoms with E-state index in [9.17, 15) is 0 Å². The molecule has 0 radical (unpaired) electrons. The lowest BCUT2D eigenvalue weighted by Crippen LogP contribution is -2.45. The number of benzene rings is 1. The standard InChI is InChI=1S/C22H33N5/c1-4-16-6-5-7-20-17(13-25-21(16)20)10-11-24-22(23-3)26-18-12-15(2)27(14-18)19-8-9-19/h5-7,13,15,18-19,25H,4,8-12,14H2,1-3H3,(H2,23,24,26). The van der Waals surface area contributed by atoms with Gasteiger partial charge in [0.2, 0.25) is 0 Å². The van der Waals surface area contributed by atoms with Gasteiger partial charge in [0.25, 0.3) is 0 Å². The first-order valence-electron chi connectivity index (χ1n) is 10.5. The summed E-state index contributed by atoms with van der Waals surface area (Å²) >= 11 is 0. The number of hydrogen-bond acceptors (Lipinski definition) is 2. The summed E-state index contributed by atoms with van der Waals surface area (Å²) in [6, 6.07) is 8.63. The topological polar surface area (TPSA) is 55.5 Å². The summed E-state index contributed by atoms with van der Waals surface area (Å²) in [6.07, 6.45) is 8.18. The highest BCUT2D eigenvalue weighted by Gasteiger charge is 2.38. The molecule has 3 N–H and O–H groups in total. The van der Waals surface area contributed by atoms with Crippen molar-refractivity contribution < 1.29 is 0 Å². The Morgan fingerprint density at radius 3 is 2.89 bits per heavy atom. The molecular weight excluding hydrogens is 334 g/mol. The lowest BCUT2D eigenvalue weighted by atomic mass is 10.1. The Balaban J connectivity index is 1.30. The van der Waals surface area contributed by atoms with Crippen molar-refractivity contribution >= 4 is 16.9 Å². The lowest BCUT2D eigenvalue weighted by Gasteiger charge is -2.20. The van der Waals surface area contributed by atoms with Crippen LogP contribution in [-0.2, 0) is 12.8 Å². The number of aryl methyl sites for hydroxylation is 1. The molecule has 0 bridgehead atoms. The first kappa shape index (κ1) is 18.4. The molecular formula is C22H33N5. The second-order valence-electron chi connectivity index (χ2n) is 8.11. The number of hydrogen-bond donors (Lipinski definition) is 3. The predicted octanol–water partition coefficient (Wildman–Crippen LogP) is 3.06. The number of likely N-dealkylation sites (tertiary alicyclic amines) is 1. The van der Waals surface area contributed by atoms with E-state index in [1.54, 1.807) is 0 Å². The van der Waals surface area contributed by atoms with Crippen LogP contribution in [0.25, 0.3) is 10.9 Å². The third kappa shape index (κ3) is 3.98. The summed E-state index contributed by atoms with van der Waals surface area (Å²) in [5.41, 5.74) is 4.05. The summed E-state index contributed by atoms with van der Waals surface area (Å²) in [5.74, 6) is 0.930. The van der Waals surface area contributed by atoms with E-state index in [4.69, 9.17) is 0 Å². The maximum Gasteiger partial charge on any atom is 0.191 e. The largest absolute Gasteiger partial charge is 0.361 e. The average molecular weight is 368 g/mol. The zero-order valence-electron chi connectivity index (χ0n) is 16.9. The summed E-state index contributed by atoms with van der Waals surface area (Å²) in [5, 5.41) is 8.49. The normalized spacial score (nSPS) is 23.9. The molecule has 2 aromatic rings. The van der Waals surface area contributed by atoms with Gasteiger partial charge in [-0.1, -0.05) is 25.1 Å². The number of para-hydroxylation sites is 1. The molecule has 5 nitrogen and oxygen atoms in total. The van der Waals surface area contributed by atoms with Gasteiger partial charge in [0.1, 0.15) is 0 Å². The molecule has 2 heterocycles. The highest BCUT2D eigenvalue weighted by molar-refractivity contribution is 5.86. The maximum absolute atomic E-state index is 4.44. The van der Waals surface area contributed by atoms with Crippen molar-refractivity contribution in [1.29, 1.82) is 0 Å². The molecule has 146 valence electrons. The molecule has 1 aliphatic heterocycles. The van der Waals surface area contributed by atoms with Crippen LogP contribution in [0.15, 0.2) is 29.4 Å². The van der Waals surface area contributed by atoms with Crippen LogP contribution in [0.3, 0.4) is 0 Å². The van der Waals surface area contributed by atoms with Gasteiger partial charge in [0.15, 0.2) is 5.96 Å². The highest BCUT2D eigenvalue weighted by Crippen LogP contribution is 2.33. The zero-order valence-corrected chi connectivity index (χ0v) is 16.9. The molecule has 1 saturated carbocycles. The van der Waals surface area contributed by atoms with Crippen molar-refractivity contribution in [2.45, 2.75) is 64.1 Å². The van der Waals surface area contributed by atoms with E-state index in [0.29, 0.717) is 12.1 Å². The van der Waals surface area contributed by atoms with Gasteiger partial charge in [-0.25, -0.2) is 0 Å². The third-order valence-corrected chi connectivity index (χ3v) is 6.16. The predicted molar refractivity (Wildman–Crippen MR) is 113 cm³/mol. The van der Waals surface area contributed by atoms with Gasteiger partial charge in [-0.15, -0.1) is 0 Å². The van der Waals surface area contributed by atoms with Crippen molar-refractivity contribution in [1.82, 2.24) is 20.5 Å². The van der Waals surface area contributed by atoms with E-state index in [1.807, 2.05) is 7.05 Å². The Bertz CT molecular complexity index is 804. The van der Waals surface area contributed by atoms with E-state index in [0.717, 1.165) is 37.9 Å². The number of rotatable bonds is 6. The van der Waals surface area contributed by atoms with Crippen molar-refractivity contribution in [3.63, 3.8) is 0 Å². The maximum atomic E-state index is 4.44. The van der Waals surface area contributed by atoms with Gasteiger partial charge in [-0.3, -0.25) is 9.89 Å². The zero-order chi connectivity index (χ0) is 18.8. The molecule has 27 heavy (non-hydrogen) atoms. The van der Waals surface area contributed by atoms with E-state index in [2.05, 4.69) is 63.8 Å². The Morgan fingerprint density at radius 1 is 1.30 bits per heavy atom. The molecule has 1 aromatic carbocycles. The molecule has 2 fully saturated rings. The number of H-pyrrole nitrogens is 1. The third-order valence-electron chi connectivity index (χ3n) is 6.16. The molecule has 1 aliphatic carbocycles. The first-order chi connectivity index (χ1) is 13.2. The molecule has 1 saturated heterocycles.